The van der Waals surface area contributed by atoms with Crippen molar-refractivity contribution in [2.45, 2.75) is 38.5 Å². The molecule has 0 unspecified atom stereocenters. The Bertz CT molecular complexity index is 950. The summed E-state index contributed by atoms with van der Waals surface area (Å²) in [5.74, 6) is -0.213. The van der Waals surface area contributed by atoms with Crippen LogP contribution in [0.25, 0.3) is 0 Å². The van der Waals surface area contributed by atoms with Gasteiger partial charge in [-0.2, -0.15) is 0 Å². The van der Waals surface area contributed by atoms with Gasteiger partial charge in [-0.05, 0) is 55.7 Å². The maximum absolute atomic E-state index is 12.8. The molecule has 0 spiro atoms. The van der Waals surface area contributed by atoms with Crippen LogP contribution in [-0.4, -0.2) is 44.0 Å². The summed E-state index contributed by atoms with van der Waals surface area (Å²) in [6.07, 6.45) is 4.36. The van der Waals surface area contributed by atoms with Crippen molar-refractivity contribution < 1.29 is 13.2 Å². The number of piperidine rings is 1. The van der Waals surface area contributed by atoms with E-state index in [-0.39, 0.29) is 24.1 Å². The van der Waals surface area contributed by atoms with E-state index >= 15 is 0 Å². The minimum Gasteiger partial charge on any atom is -0.356 e. The van der Waals surface area contributed by atoms with E-state index in [1.165, 1.54) is 4.31 Å². The lowest BCUT2D eigenvalue weighted by molar-refractivity contribution is -0.126. The lowest BCUT2D eigenvalue weighted by atomic mass is 9.99. The summed E-state index contributed by atoms with van der Waals surface area (Å²) < 4.78 is 27.1. The molecule has 1 amide bonds. The van der Waals surface area contributed by atoms with Crippen molar-refractivity contribution in [3.63, 3.8) is 0 Å². The average Bonchev–Trinajstić information content (AvgIpc) is 2.78. The second-order valence-electron chi connectivity index (χ2n) is 8.09. The molecule has 0 radical (unpaired) electrons. The molecule has 0 saturated carbocycles. The monoisotopic (exact) mass is 462 g/mol. The molecular weight excluding hydrogens is 432 g/mol. The van der Waals surface area contributed by atoms with Crippen molar-refractivity contribution in [1.29, 1.82) is 0 Å². The van der Waals surface area contributed by atoms with Gasteiger partial charge in [0.25, 0.3) is 0 Å². The Morgan fingerprint density at radius 3 is 2.55 bits per heavy atom. The summed E-state index contributed by atoms with van der Waals surface area (Å²) in [7, 11) is -3.35. The summed E-state index contributed by atoms with van der Waals surface area (Å²) in [6, 6.07) is 17.6. The van der Waals surface area contributed by atoms with Crippen LogP contribution in [0.5, 0.6) is 0 Å². The number of amides is 1. The zero-order chi connectivity index (χ0) is 22.1. The summed E-state index contributed by atoms with van der Waals surface area (Å²) in [4.78, 5) is 12.6. The summed E-state index contributed by atoms with van der Waals surface area (Å²) in [6.45, 7) is 1.35. The third-order valence-electron chi connectivity index (χ3n) is 5.74. The summed E-state index contributed by atoms with van der Waals surface area (Å²) >= 11 is 6.17. The van der Waals surface area contributed by atoms with E-state index < -0.39 is 10.0 Å². The molecule has 168 valence electrons. The minimum absolute atomic E-state index is 0.0525. The Morgan fingerprint density at radius 2 is 1.77 bits per heavy atom. The van der Waals surface area contributed by atoms with Crippen LogP contribution >= 0.6 is 11.6 Å². The fraction of sp³-hybridized carbons (Fsp3) is 0.458. The van der Waals surface area contributed by atoms with Crippen LogP contribution < -0.4 is 5.32 Å². The topological polar surface area (TPSA) is 66.5 Å². The molecule has 1 aliphatic heterocycles. The molecule has 2 aromatic rings. The van der Waals surface area contributed by atoms with Gasteiger partial charge in [-0.15, -0.1) is 0 Å². The number of nitrogens with one attached hydrogen (secondary N) is 1. The number of carbonyl (C=O) groups excluding carboxylic acids is 1. The van der Waals surface area contributed by atoms with Crippen molar-refractivity contribution in [1.82, 2.24) is 9.62 Å². The van der Waals surface area contributed by atoms with E-state index in [4.69, 9.17) is 11.6 Å². The van der Waals surface area contributed by atoms with Crippen LogP contribution in [0.15, 0.2) is 54.6 Å². The highest BCUT2D eigenvalue weighted by molar-refractivity contribution is 7.89. The lowest BCUT2D eigenvalue weighted by Crippen LogP contribution is -2.46. The molecule has 1 atom stereocenters. The summed E-state index contributed by atoms with van der Waals surface area (Å²) in [5.41, 5.74) is 2.22. The number of rotatable bonds is 10. The maximum atomic E-state index is 12.8. The van der Waals surface area contributed by atoms with Crippen molar-refractivity contribution in [3.05, 3.63) is 70.7 Å². The molecule has 0 aromatic heterocycles. The number of hydrogen-bond donors (Lipinski definition) is 1. The highest BCUT2D eigenvalue weighted by Gasteiger charge is 2.31. The quantitative estimate of drug-likeness (QED) is 0.541. The van der Waals surface area contributed by atoms with Gasteiger partial charge in [0.1, 0.15) is 0 Å². The first kappa shape index (κ1) is 23.8. The van der Waals surface area contributed by atoms with Crippen molar-refractivity contribution in [2.75, 3.05) is 25.4 Å². The first-order chi connectivity index (χ1) is 15.0. The number of benzene rings is 2. The van der Waals surface area contributed by atoms with E-state index in [1.54, 1.807) is 0 Å². The standard InChI is InChI=1S/C24H31ClN2O3S/c25-23-15-5-4-12-21(23)13-6-16-26-24(28)22-14-7-17-27(19-22)31(29,30)18-8-11-20-9-2-1-3-10-20/h1-5,9-10,12,15,22H,6-8,11,13-14,16-19H2,(H,26,28)/t22-/m0/s1. The van der Waals surface area contributed by atoms with Crippen LogP contribution in [0.4, 0.5) is 0 Å². The highest BCUT2D eigenvalue weighted by atomic mass is 35.5. The molecule has 1 fully saturated rings. The van der Waals surface area contributed by atoms with Crippen LogP contribution in [0.1, 0.15) is 36.8 Å². The van der Waals surface area contributed by atoms with Crippen molar-refractivity contribution in [2.24, 2.45) is 5.92 Å². The van der Waals surface area contributed by atoms with Gasteiger partial charge in [0.2, 0.25) is 15.9 Å². The Kier molecular flexibility index (Phi) is 8.93. The largest absolute Gasteiger partial charge is 0.356 e. The normalized spacial score (nSPS) is 17.4. The van der Waals surface area contributed by atoms with Gasteiger partial charge < -0.3 is 5.32 Å². The van der Waals surface area contributed by atoms with E-state index in [2.05, 4.69) is 5.32 Å². The molecule has 0 aliphatic carbocycles. The van der Waals surface area contributed by atoms with Crippen LogP contribution in [-0.2, 0) is 27.7 Å². The fourth-order valence-electron chi connectivity index (χ4n) is 3.98. The zero-order valence-corrected chi connectivity index (χ0v) is 19.4. The molecule has 2 aromatic carbocycles. The molecule has 1 aliphatic rings. The molecule has 1 N–H and O–H groups in total. The van der Waals surface area contributed by atoms with Crippen LogP contribution in [0.3, 0.4) is 0 Å². The number of carbonyl (C=O) groups is 1. The van der Waals surface area contributed by atoms with E-state index in [1.807, 2.05) is 54.6 Å². The maximum Gasteiger partial charge on any atom is 0.224 e. The van der Waals surface area contributed by atoms with Crippen molar-refractivity contribution in [3.8, 4) is 0 Å². The Hall–Kier alpha value is -1.89. The third-order valence-corrected chi connectivity index (χ3v) is 8.03. The van der Waals surface area contributed by atoms with E-state index in [0.717, 1.165) is 48.3 Å². The predicted molar refractivity (Wildman–Crippen MR) is 126 cm³/mol. The average molecular weight is 463 g/mol. The van der Waals surface area contributed by atoms with Crippen molar-refractivity contribution >= 4 is 27.5 Å². The van der Waals surface area contributed by atoms with E-state index in [0.29, 0.717) is 19.5 Å². The third kappa shape index (κ3) is 7.34. The second-order valence-corrected chi connectivity index (χ2v) is 10.6. The molecule has 3 rings (SSSR count). The highest BCUT2D eigenvalue weighted by Crippen LogP contribution is 2.21. The van der Waals surface area contributed by atoms with Crippen LogP contribution in [0.2, 0.25) is 5.02 Å². The Morgan fingerprint density at radius 1 is 1.03 bits per heavy atom. The number of sulfonamides is 1. The van der Waals surface area contributed by atoms with Gasteiger partial charge in [0.05, 0.1) is 11.7 Å². The zero-order valence-electron chi connectivity index (χ0n) is 17.8. The molecule has 0 bridgehead atoms. The number of hydrogen-bond acceptors (Lipinski definition) is 3. The van der Waals surface area contributed by atoms with Gasteiger partial charge in [0.15, 0.2) is 0 Å². The number of nitrogens with zero attached hydrogens (tertiary/aromatic N) is 1. The van der Waals surface area contributed by atoms with Gasteiger partial charge >= 0.3 is 0 Å². The predicted octanol–water partition coefficient (Wildman–Crippen LogP) is 4.06. The smallest absolute Gasteiger partial charge is 0.224 e. The molecule has 31 heavy (non-hydrogen) atoms. The Labute approximate surface area is 190 Å². The fourth-order valence-corrected chi connectivity index (χ4v) is 5.79. The van der Waals surface area contributed by atoms with Gasteiger partial charge in [-0.1, -0.05) is 60.1 Å². The first-order valence-corrected chi connectivity index (χ1v) is 13.0. The SMILES string of the molecule is O=C(NCCCc1ccccc1Cl)[C@H]1CCCN(S(=O)(=O)CCCc2ccccc2)C1. The number of halogens is 1. The second kappa shape index (κ2) is 11.7. The minimum atomic E-state index is -3.35. The van der Waals surface area contributed by atoms with Gasteiger partial charge in [-0.3, -0.25) is 4.79 Å². The molecular formula is C24H31ClN2O3S. The van der Waals surface area contributed by atoms with Gasteiger partial charge in [-0.25, -0.2) is 12.7 Å². The Balaban J connectivity index is 1.42. The lowest BCUT2D eigenvalue weighted by Gasteiger charge is -2.31. The van der Waals surface area contributed by atoms with E-state index in [9.17, 15) is 13.2 Å². The molecule has 1 saturated heterocycles. The number of aryl methyl sites for hydroxylation is 2. The van der Waals surface area contributed by atoms with Gasteiger partial charge in [0, 0.05) is 24.7 Å². The molecule has 5 nitrogen and oxygen atoms in total. The summed E-state index contributed by atoms with van der Waals surface area (Å²) in [5, 5.41) is 3.72. The molecule has 7 heteroatoms. The van der Waals surface area contributed by atoms with Crippen LogP contribution in [0, 0.1) is 5.92 Å². The molecule has 1 heterocycles. The first-order valence-electron chi connectivity index (χ1n) is 11.0.